The minimum Gasteiger partial charge on any atom is -0.396 e. The molecule has 6 heteroatoms. The van der Waals surface area contributed by atoms with Crippen molar-refractivity contribution < 1.29 is 9.90 Å². The van der Waals surface area contributed by atoms with Gasteiger partial charge < -0.3 is 10.4 Å². The lowest BCUT2D eigenvalue weighted by Crippen LogP contribution is -2.41. The second-order valence-corrected chi connectivity index (χ2v) is 6.80. The van der Waals surface area contributed by atoms with Gasteiger partial charge in [0.2, 0.25) is 0 Å². The van der Waals surface area contributed by atoms with Gasteiger partial charge in [-0.25, -0.2) is 0 Å². The highest BCUT2D eigenvalue weighted by Crippen LogP contribution is 2.35. The molecular weight excluding hydrogens is 274 g/mol. The molecule has 1 saturated carbocycles. The molecule has 20 heavy (non-hydrogen) atoms. The summed E-state index contributed by atoms with van der Waals surface area (Å²) < 4.78 is 3.88. The second-order valence-electron chi connectivity index (χ2n) is 6.04. The Bertz CT molecular complexity index is 453. The van der Waals surface area contributed by atoms with E-state index in [9.17, 15) is 9.90 Å². The van der Waals surface area contributed by atoms with Crippen LogP contribution in [0.15, 0.2) is 0 Å². The van der Waals surface area contributed by atoms with Crippen LogP contribution in [-0.4, -0.2) is 33.8 Å². The lowest BCUT2D eigenvalue weighted by molar-refractivity contribution is 0.0719. The predicted octanol–water partition coefficient (Wildman–Crippen LogP) is 2.33. The maximum absolute atomic E-state index is 12.3. The maximum atomic E-state index is 12.3. The van der Waals surface area contributed by atoms with Gasteiger partial charge in [0.25, 0.3) is 5.91 Å². The Morgan fingerprint density at radius 2 is 2.10 bits per heavy atom. The van der Waals surface area contributed by atoms with Crippen molar-refractivity contribution in [3.63, 3.8) is 0 Å². The normalized spacial score (nSPS) is 18.2. The van der Waals surface area contributed by atoms with Crippen LogP contribution in [0.3, 0.4) is 0 Å². The Kier molecular flexibility index (Phi) is 5.10. The molecule has 0 aliphatic heterocycles. The van der Waals surface area contributed by atoms with Gasteiger partial charge in [-0.05, 0) is 30.3 Å². The van der Waals surface area contributed by atoms with E-state index in [2.05, 4.69) is 14.9 Å². The Labute approximate surface area is 123 Å². The highest BCUT2D eigenvalue weighted by atomic mass is 32.1. The third-order valence-electron chi connectivity index (χ3n) is 4.14. The first-order chi connectivity index (χ1) is 9.58. The van der Waals surface area contributed by atoms with Gasteiger partial charge >= 0.3 is 0 Å². The van der Waals surface area contributed by atoms with Crippen molar-refractivity contribution in [2.75, 3.05) is 13.2 Å². The third-order valence-corrected chi connectivity index (χ3v) is 4.88. The Morgan fingerprint density at radius 1 is 1.40 bits per heavy atom. The summed E-state index contributed by atoms with van der Waals surface area (Å²) in [6, 6.07) is 0. The lowest BCUT2D eigenvalue weighted by Gasteiger charge is -2.35. The van der Waals surface area contributed by atoms with Crippen LogP contribution in [0.1, 0.15) is 67.2 Å². The zero-order valence-electron chi connectivity index (χ0n) is 12.2. The van der Waals surface area contributed by atoms with Crippen LogP contribution in [-0.2, 0) is 0 Å². The van der Waals surface area contributed by atoms with Crippen LogP contribution >= 0.6 is 11.5 Å². The van der Waals surface area contributed by atoms with E-state index in [1.807, 2.05) is 13.8 Å². The molecule has 1 aromatic rings. The molecule has 1 aromatic heterocycles. The zero-order chi connectivity index (χ0) is 14.6. The lowest BCUT2D eigenvalue weighted by atomic mass is 9.74. The van der Waals surface area contributed by atoms with Crippen LogP contribution in [0.2, 0.25) is 0 Å². The largest absolute Gasteiger partial charge is 0.396 e. The smallest absolute Gasteiger partial charge is 0.264 e. The molecule has 0 unspecified atom stereocenters. The molecule has 1 aliphatic carbocycles. The topological polar surface area (TPSA) is 75.1 Å². The first-order valence-corrected chi connectivity index (χ1v) is 8.07. The van der Waals surface area contributed by atoms with E-state index >= 15 is 0 Å². The van der Waals surface area contributed by atoms with Gasteiger partial charge in [0, 0.05) is 12.0 Å². The van der Waals surface area contributed by atoms with Crippen molar-refractivity contribution in [3.05, 3.63) is 10.6 Å². The van der Waals surface area contributed by atoms with Crippen LogP contribution in [0, 0.1) is 5.41 Å². The fourth-order valence-corrected chi connectivity index (χ4v) is 3.51. The van der Waals surface area contributed by atoms with Gasteiger partial charge in [0.15, 0.2) is 0 Å². The number of aromatic nitrogens is 2. The maximum Gasteiger partial charge on any atom is 0.264 e. The quantitative estimate of drug-likeness (QED) is 0.874. The summed E-state index contributed by atoms with van der Waals surface area (Å²) >= 11 is 1.14. The molecule has 2 rings (SSSR count). The molecule has 1 fully saturated rings. The van der Waals surface area contributed by atoms with Gasteiger partial charge in [0.1, 0.15) is 4.88 Å². The molecule has 0 spiro atoms. The zero-order valence-corrected chi connectivity index (χ0v) is 13.0. The van der Waals surface area contributed by atoms with Crippen molar-refractivity contribution in [1.29, 1.82) is 0 Å². The molecule has 2 N–H and O–H groups in total. The monoisotopic (exact) mass is 297 g/mol. The summed E-state index contributed by atoms with van der Waals surface area (Å²) in [6.07, 6.45) is 5.47. The molecule has 0 bridgehead atoms. The first-order valence-electron chi connectivity index (χ1n) is 7.29. The first kappa shape index (κ1) is 15.4. The van der Waals surface area contributed by atoms with E-state index < -0.39 is 0 Å². The van der Waals surface area contributed by atoms with E-state index in [1.54, 1.807) is 0 Å². The predicted molar refractivity (Wildman–Crippen MR) is 78.9 cm³/mol. The molecule has 0 saturated heterocycles. The van der Waals surface area contributed by atoms with E-state index in [4.69, 9.17) is 0 Å². The molecule has 112 valence electrons. The van der Waals surface area contributed by atoms with Gasteiger partial charge in [-0.1, -0.05) is 37.6 Å². The average Bonchev–Trinajstić information content (AvgIpc) is 2.95. The summed E-state index contributed by atoms with van der Waals surface area (Å²) in [6.45, 7) is 4.69. The number of carbonyl (C=O) groups excluding carboxylic acids is 1. The number of rotatable bonds is 5. The number of nitrogens with zero attached hydrogens (tertiary/aromatic N) is 2. The Morgan fingerprint density at radius 3 is 2.70 bits per heavy atom. The summed E-state index contributed by atoms with van der Waals surface area (Å²) in [7, 11) is 0. The molecular formula is C14H23N3O2S. The number of hydrogen-bond acceptors (Lipinski definition) is 5. The van der Waals surface area contributed by atoms with Crippen molar-refractivity contribution in [2.24, 2.45) is 5.41 Å². The number of carbonyl (C=O) groups is 1. The SMILES string of the molecule is CC(C)c1nnsc1C(=O)NCC1(CO)CCCCC1. The van der Waals surface area contributed by atoms with Crippen LogP contribution in [0.25, 0.3) is 0 Å². The Balaban J connectivity index is 1.99. The number of hydrogen-bond donors (Lipinski definition) is 2. The summed E-state index contributed by atoms with van der Waals surface area (Å²) in [4.78, 5) is 12.9. The minimum absolute atomic E-state index is 0.109. The molecule has 0 aromatic carbocycles. The van der Waals surface area contributed by atoms with Crippen molar-refractivity contribution >= 4 is 17.4 Å². The molecule has 0 atom stereocenters. The van der Waals surface area contributed by atoms with Crippen LogP contribution in [0.4, 0.5) is 0 Å². The van der Waals surface area contributed by atoms with Gasteiger partial charge in [-0.3, -0.25) is 4.79 Å². The summed E-state index contributed by atoms with van der Waals surface area (Å²) in [5, 5.41) is 16.7. The standard InChI is InChI=1S/C14H23N3O2S/c1-10(2)11-12(20-17-16-11)13(19)15-8-14(9-18)6-4-3-5-7-14/h10,18H,3-9H2,1-2H3,(H,15,19). The van der Waals surface area contributed by atoms with E-state index in [-0.39, 0.29) is 23.8 Å². The summed E-state index contributed by atoms with van der Waals surface area (Å²) in [5.74, 6) is 0.0816. The van der Waals surface area contributed by atoms with Gasteiger partial charge in [-0.15, -0.1) is 5.10 Å². The molecule has 1 aliphatic rings. The van der Waals surface area contributed by atoms with E-state index in [0.717, 1.165) is 42.9 Å². The minimum atomic E-state index is -0.135. The van der Waals surface area contributed by atoms with Crippen molar-refractivity contribution in [3.8, 4) is 0 Å². The van der Waals surface area contributed by atoms with Crippen LogP contribution < -0.4 is 5.32 Å². The molecule has 1 amide bonds. The fourth-order valence-electron chi connectivity index (χ4n) is 2.77. The van der Waals surface area contributed by atoms with Crippen molar-refractivity contribution in [1.82, 2.24) is 14.9 Å². The van der Waals surface area contributed by atoms with Gasteiger partial charge in [-0.2, -0.15) is 0 Å². The third kappa shape index (κ3) is 3.35. The highest BCUT2D eigenvalue weighted by molar-refractivity contribution is 7.08. The van der Waals surface area contributed by atoms with E-state index in [1.165, 1.54) is 6.42 Å². The molecule has 1 heterocycles. The Hall–Kier alpha value is -1.01. The highest BCUT2D eigenvalue weighted by Gasteiger charge is 2.32. The fraction of sp³-hybridized carbons (Fsp3) is 0.786. The number of nitrogens with one attached hydrogen (secondary N) is 1. The van der Waals surface area contributed by atoms with Crippen molar-refractivity contribution in [2.45, 2.75) is 51.9 Å². The average molecular weight is 297 g/mol. The molecule has 0 radical (unpaired) electrons. The van der Waals surface area contributed by atoms with E-state index in [0.29, 0.717) is 11.4 Å². The van der Waals surface area contributed by atoms with Crippen LogP contribution in [0.5, 0.6) is 0 Å². The number of aliphatic hydroxyl groups excluding tert-OH is 1. The second kappa shape index (κ2) is 6.63. The van der Waals surface area contributed by atoms with Gasteiger partial charge in [0.05, 0.1) is 12.3 Å². The number of amides is 1. The number of aliphatic hydroxyl groups is 1. The molecule has 5 nitrogen and oxygen atoms in total. The summed E-state index contributed by atoms with van der Waals surface area (Å²) in [5.41, 5.74) is 0.624.